The summed E-state index contributed by atoms with van der Waals surface area (Å²) in [6.45, 7) is 9.38. The lowest BCUT2D eigenvalue weighted by atomic mass is 10.2. The van der Waals surface area contributed by atoms with Gasteiger partial charge in [0.25, 0.3) is 0 Å². The lowest BCUT2D eigenvalue weighted by molar-refractivity contribution is 0.0195. The molecule has 1 aliphatic heterocycles. The van der Waals surface area contributed by atoms with Crippen molar-refractivity contribution in [1.82, 2.24) is 19.4 Å². The van der Waals surface area contributed by atoms with Crippen molar-refractivity contribution in [2.45, 2.75) is 46.4 Å². The van der Waals surface area contributed by atoms with Gasteiger partial charge in [0, 0.05) is 25.0 Å². The Balaban J connectivity index is 1.78. The zero-order chi connectivity index (χ0) is 16.6. The molecule has 3 rings (SSSR count). The van der Waals surface area contributed by atoms with E-state index in [0.29, 0.717) is 19.6 Å². The van der Waals surface area contributed by atoms with Crippen molar-refractivity contribution < 1.29 is 9.53 Å². The Labute approximate surface area is 136 Å². The van der Waals surface area contributed by atoms with Crippen LogP contribution in [0.15, 0.2) is 24.4 Å². The molecule has 0 spiro atoms. The molecule has 122 valence electrons. The van der Waals surface area contributed by atoms with Crippen LogP contribution in [-0.2, 0) is 17.8 Å². The fourth-order valence-corrected chi connectivity index (χ4v) is 2.54. The predicted octanol–water partition coefficient (Wildman–Crippen LogP) is 3.00. The summed E-state index contributed by atoms with van der Waals surface area (Å²) in [7, 11) is 0. The standard InChI is InChI=1S/C17H22N4O2/c1-12-6-5-7-13(18-12)14-10-20-8-9-21(11-15(20)19-14)16(22)23-17(2,3)4/h5-7,10H,8-9,11H2,1-4H3. The van der Waals surface area contributed by atoms with Crippen LogP contribution >= 0.6 is 0 Å². The van der Waals surface area contributed by atoms with Crippen LogP contribution in [0.25, 0.3) is 11.4 Å². The fraction of sp³-hybridized carbons (Fsp3) is 0.471. The third-order valence-corrected chi connectivity index (χ3v) is 3.60. The minimum Gasteiger partial charge on any atom is -0.444 e. The molecule has 0 saturated heterocycles. The Morgan fingerprint density at radius 1 is 1.17 bits per heavy atom. The Kier molecular flexibility index (Phi) is 3.83. The second-order valence-electron chi connectivity index (χ2n) is 6.80. The first-order valence-corrected chi connectivity index (χ1v) is 7.80. The van der Waals surface area contributed by atoms with Gasteiger partial charge < -0.3 is 9.30 Å². The van der Waals surface area contributed by atoms with E-state index in [4.69, 9.17) is 4.74 Å². The van der Waals surface area contributed by atoms with E-state index in [9.17, 15) is 4.79 Å². The molecule has 1 aliphatic rings. The third-order valence-electron chi connectivity index (χ3n) is 3.60. The van der Waals surface area contributed by atoms with Gasteiger partial charge in [0.15, 0.2) is 0 Å². The van der Waals surface area contributed by atoms with Crippen LogP contribution in [0.5, 0.6) is 0 Å². The summed E-state index contributed by atoms with van der Waals surface area (Å²) in [5.41, 5.74) is 2.18. The minimum absolute atomic E-state index is 0.290. The number of aryl methyl sites for hydroxylation is 1. The number of hydrogen-bond donors (Lipinski definition) is 0. The molecule has 23 heavy (non-hydrogen) atoms. The number of fused-ring (bicyclic) bond motifs is 1. The molecule has 0 aliphatic carbocycles. The van der Waals surface area contributed by atoms with E-state index in [0.717, 1.165) is 22.9 Å². The monoisotopic (exact) mass is 314 g/mol. The highest BCUT2D eigenvalue weighted by Crippen LogP contribution is 2.21. The average Bonchev–Trinajstić information content (AvgIpc) is 2.88. The first kappa shape index (κ1) is 15.5. The number of hydrogen-bond acceptors (Lipinski definition) is 4. The summed E-state index contributed by atoms with van der Waals surface area (Å²) >= 11 is 0. The first-order valence-electron chi connectivity index (χ1n) is 7.80. The highest BCUT2D eigenvalue weighted by atomic mass is 16.6. The van der Waals surface area contributed by atoms with Crippen LogP contribution in [0.2, 0.25) is 0 Å². The molecule has 6 heteroatoms. The highest BCUT2D eigenvalue weighted by molar-refractivity contribution is 5.68. The lowest BCUT2D eigenvalue weighted by Gasteiger charge is -2.30. The SMILES string of the molecule is Cc1cccc(-c2cn3c(n2)CN(C(=O)OC(C)(C)C)CC3)n1. The molecule has 0 bridgehead atoms. The number of carbonyl (C=O) groups excluding carboxylic acids is 1. The molecule has 0 saturated carbocycles. The van der Waals surface area contributed by atoms with E-state index in [1.807, 2.05) is 52.1 Å². The maximum Gasteiger partial charge on any atom is 0.410 e. The number of ether oxygens (including phenoxy) is 1. The van der Waals surface area contributed by atoms with Gasteiger partial charge in [-0.1, -0.05) is 6.07 Å². The summed E-state index contributed by atoms with van der Waals surface area (Å²) in [4.78, 5) is 23.0. The predicted molar refractivity (Wildman–Crippen MR) is 86.8 cm³/mol. The Hall–Kier alpha value is -2.37. The molecule has 2 aromatic rings. The second-order valence-corrected chi connectivity index (χ2v) is 6.80. The largest absolute Gasteiger partial charge is 0.444 e. The van der Waals surface area contributed by atoms with Crippen LogP contribution in [0, 0.1) is 6.92 Å². The number of imidazole rings is 1. The Bertz CT molecular complexity index is 730. The van der Waals surface area contributed by atoms with Gasteiger partial charge in [-0.3, -0.25) is 9.88 Å². The van der Waals surface area contributed by atoms with Crippen LogP contribution in [0.3, 0.4) is 0 Å². The second kappa shape index (κ2) is 5.68. The maximum absolute atomic E-state index is 12.2. The van der Waals surface area contributed by atoms with Gasteiger partial charge in [-0.15, -0.1) is 0 Å². The molecule has 2 aromatic heterocycles. The van der Waals surface area contributed by atoms with Crippen molar-refractivity contribution in [3.8, 4) is 11.4 Å². The molecule has 1 amide bonds. The smallest absolute Gasteiger partial charge is 0.410 e. The van der Waals surface area contributed by atoms with Crippen LogP contribution in [0.4, 0.5) is 4.79 Å². The number of amides is 1. The minimum atomic E-state index is -0.486. The van der Waals surface area contributed by atoms with Crippen LogP contribution in [0.1, 0.15) is 32.3 Å². The molecule has 0 atom stereocenters. The van der Waals surface area contributed by atoms with E-state index < -0.39 is 5.60 Å². The summed E-state index contributed by atoms with van der Waals surface area (Å²) < 4.78 is 7.52. The van der Waals surface area contributed by atoms with Gasteiger partial charge in [0.2, 0.25) is 0 Å². The van der Waals surface area contributed by atoms with Crippen molar-refractivity contribution in [2.24, 2.45) is 0 Å². The Morgan fingerprint density at radius 2 is 1.96 bits per heavy atom. The molecule has 0 aromatic carbocycles. The van der Waals surface area contributed by atoms with Gasteiger partial charge in [0.1, 0.15) is 17.1 Å². The number of aromatic nitrogens is 3. The number of pyridine rings is 1. The van der Waals surface area contributed by atoms with Crippen molar-refractivity contribution in [2.75, 3.05) is 6.54 Å². The van der Waals surface area contributed by atoms with Gasteiger partial charge in [-0.05, 0) is 39.8 Å². The molecule has 0 radical (unpaired) electrons. The number of carbonyl (C=O) groups is 1. The molecular weight excluding hydrogens is 292 g/mol. The lowest BCUT2D eigenvalue weighted by Crippen LogP contribution is -2.41. The molecule has 0 fully saturated rings. The van der Waals surface area contributed by atoms with Crippen molar-refractivity contribution >= 4 is 6.09 Å². The Morgan fingerprint density at radius 3 is 2.65 bits per heavy atom. The summed E-state index contributed by atoms with van der Waals surface area (Å²) in [5, 5.41) is 0. The summed E-state index contributed by atoms with van der Waals surface area (Å²) in [6, 6.07) is 5.89. The zero-order valence-corrected chi connectivity index (χ0v) is 14.0. The van der Waals surface area contributed by atoms with E-state index >= 15 is 0 Å². The third kappa shape index (κ3) is 3.52. The van der Waals surface area contributed by atoms with Crippen molar-refractivity contribution in [3.05, 3.63) is 35.9 Å². The quantitative estimate of drug-likeness (QED) is 0.812. The van der Waals surface area contributed by atoms with Gasteiger partial charge in [-0.2, -0.15) is 0 Å². The molecule has 0 N–H and O–H groups in total. The molecule has 3 heterocycles. The number of rotatable bonds is 1. The topological polar surface area (TPSA) is 60.2 Å². The van der Waals surface area contributed by atoms with Crippen LogP contribution in [-0.4, -0.2) is 37.7 Å². The average molecular weight is 314 g/mol. The van der Waals surface area contributed by atoms with Gasteiger partial charge in [-0.25, -0.2) is 9.78 Å². The van der Waals surface area contributed by atoms with E-state index in [1.54, 1.807) is 4.90 Å². The molecule has 0 unspecified atom stereocenters. The van der Waals surface area contributed by atoms with Gasteiger partial charge >= 0.3 is 6.09 Å². The molecule has 6 nitrogen and oxygen atoms in total. The zero-order valence-electron chi connectivity index (χ0n) is 14.0. The van der Waals surface area contributed by atoms with Crippen molar-refractivity contribution in [3.63, 3.8) is 0 Å². The van der Waals surface area contributed by atoms with E-state index in [1.165, 1.54) is 0 Å². The highest BCUT2D eigenvalue weighted by Gasteiger charge is 2.27. The van der Waals surface area contributed by atoms with E-state index in [-0.39, 0.29) is 6.09 Å². The normalized spacial score (nSPS) is 14.5. The fourth-order valence-electron chi connectivity index (χ4n) is 2.54. The van der Waals surface area contributed by atoms with Crippen LogP contribution < -0.4 is 0 Å². The van der Waals surface area contributed by atoms with Crippen molar-refractivity contribution in [1.29, 1.82) is 0 Å². The molecular formula is C17H22N4O2. The maximum atomic E-state index is 12.2. The van der Waals surface area contributed by atoms with E-state index in [2.05, 4.69) is 14.5 Å². The summed E-state index contributed by atoms with van der Waals surface area (Å²) in [6.07, 6.45) is 1.71. The van der Waals surface area contributed by atoms with Gasteiger partial charge in [0.05, 0.1) is 12.2 Å². The number of nitrogens with zero attached hydrogens (tertiary/aromatic N) is 4. The summed E-state index contributed by atoms with van der Waals surface area (Å²) in [5.74, 6) is 0.861. The first-order chi connectivity index (χ1) is 10.8.